The molecule has 4 N–H and O–H groups in total. The van der Waals surface area contributed by atoms with Gasteiger partial charge in [-0.1, -0.05) is 26.3 Å². The molecule has 1 aromatic rings. The normalized spacial score (nSPS) is 11.8. The maximum Gasteiger partial charge on any atom is 0.251 e. The molecule has 20 heavy (non-hydrogen) atoms. The Balaban J connectivity index is 2.68. The van der Waals surface area contributed by atoms with Crippen LogP contribution in [0.15, 0.2) is 24.3 Å². The van der Waals surface area contributed by atoms with Crippen LogP contribution in [0.5, 0.6) is 0 Å². The Bertz CT molecular complexity index is 460. The standard InChI is InChI=1S/C15H23N3O2/c1-3-6-13(16)15(20)18-12-8-5-7-11(10-12)14(19)17-9-4-2/h5,7-8,10,13H,3-4,6,9,16H2,1-2H3,(H,17,19)(H,18,20)/t13-/m1/s1. The molecule has 1 rings (SSSR count). The summed E-state index contributed by atoms with van der Waals surface area (Å²) in [4.78, 5) is 23.6. The first-order chi connectivity index (χ1) is 9.58. The molecule has 0 heterocycles. The Hall–Kier alpha value is -1.88. The summed E-state index contributed by atoms with van der Waals surface area (Å²) in [5.41, 5.74) is 6.86. The quantitative estimate of drug-likeness (QED) is 0.711. The number of benzene rings is 1. The molecule has 110 valence electrons. The molecule has 5 nitrogen and oxygen atoms in total. The lowest BCUT2D eigenvalue weighted by atomic mass is 10.1. The average Bonchev–Trinajstić information content (AvgIpc) is 2.45. The molecule has 0 bridgehead atoms. The van der Waals surface area contributed by atoms with E-state index in [4.69, 9.17) is 5.73 Å². The van der Waals surface area contributed by atoms with Crippen molar-refractivity contribution >= 4 is 17.5 Å². The third-order valence-corrected chi connectivity index (χ3v) is 2.86. The molecule has 0 saturated carbocycles. The average molecular weight is 277 g/mol. The first-order valence-electron chi connectivity index (χ1n) is 7.03. The van der Waals surface area contributed by atoms with Crippen LogP contribution in [0.4, 0.5) is 5.69 Å². The van der Waals surface area contributed by atoms with Crippen molar-refractivity contribution in [1.82, 2.24) is 5.32 Å². The molecule has 0 fully saturated rings. The number of nitrogens with one attached hydrogen (secondary N) is 2. The van der Waals surface area contributed by atoms with E-state index in [9.17, 15) is 9.59 Å². The number of rotatable bonds is 7. The van der Waals surface area contributed by atoms with Crippen molar-refractivity contribution in [3.8, 4) is 0 Å². The van der Waals surface area contributed by atoms with E-state index in [0.29, 0.717) is 24.2 Å². The highest BCUT2D eigenvalue weighted by atomic mass is 16.2. The van der Waals surface area contributed by atoms with E-state index in [0.717, 1.165) is 12.8 Å². The molecule has 1 aromatic carbocycles. The largest absolute Gasteiger partial charge is 0.352 e. The predicted octanol–water partition coefficient (Wildman–Crippen LogP) is 1.89. The van der Waals surface area contributed by atoms with Crippen molar-refractivity contribution in [2.75, 3.05) is 11.9 Å². The van der Waals surface area contributed by atoms with Gasteiger partial charge in [0.15, 0.2) is 0 Å². The van der Waals surface area contributed by atoms with Crippen LogP contribution in [0, 0.1) is 0 Å². The zero-order valence-corrected chi connectivity index (χ0v) is 12.1. The van der Waals surface area contributed by atoms with E-state index in [1.54, 1.807) is 24.3 Å². The van der Waals surface area contributed by atoms with Crippen LogP contribution in [0.3, 0.4) is 0 Å². The number of anilines is 1. The molecule has 0 aliphatic carbocycles. The minimum atomic E-state index is -0.516. The van der Waals surface area contributed by atoms with Crippen molar-refractivity contribution < 1.29 is 9.59 Å². The predicted molar refractivity (Wildman–Crippen MR) is 80.6 cm³/mol. The van der Waals surface area contributed by atoms with Crippen LogP contribution in [0.1, 0.15) is 43.5 Å². The molecule has 0 saturated heterocycles. The van der Waals surface area contributed by atoms with Crippen molar-refractivity contribution in [2.24, 2.45) is 5.73 Å². The summed E-state index contributed by atoms with van der Waals surface area (Å²) in [6.07, 6.45) is 2.38. The molecular weight excluding hydrogens is 254 g/mol. The van der Waals surface area contributed by atoms with Gasteiger partial charge in [0.1, 0.15) is 0 Å². The van der Waals surface area contributed by atoms with Gasteiger partial charge in [-0.15, -0.1) is 0 Å². The van der Waals surface area contributed by atoms with Gasteiger partial charge < -0.3 is 16.4 Å². The molecular formula is C15H23N3O2. The van der Waals surface area contributed by atoms with Crippen molar-refractivity contribution in [1.29, 1.82) is 0 Å². The fraction of sp³-hybridized carbons (Fsp3) is 0.467. The van der Waals surface area contributed by atoms with Gasteiger partial charge in [-0.3, -0.25) is 9.59 Å². The first-order valence-corrected chi connectivity index (χ1v) is 7.03. The molecule has 0 aliphatic rings. The monoisotopic (exact) mass is 277 g/mol. The Morgan fingerprint density at radius 1 is 1.25 bits per heavy atom. The summed E-state index contributed by atoms with van der Waals surface area (Å²) >= 11 is 0. The van der Waals surface area contributed by atoms with E-state index < -0.39 is 6.04 Å². The maximum atomic E-state index is 11.8. The number of hydrogen-bond donors (Lipinski definition) is 3. The van der Waals surface area contributed by atoms with Crippen LogP contribution in [0.25, 0.3) is 0 Å². The van der Waals surface area contributed by atoms with Gasteiger partial charge in [0.25, 0.3) is 5.91 Å². The number of hydrogen-bond acceptors (Lipinski definition) is 3. The summed E-state index contributed by atoms with van der Waals surface area (Å²) in [7, 11) is 0. The second-order valence-electron chi connectivity index (χ2n) is 4.72. The highest BCUT2D eigenvalue weighted by Gasteiger charge is 2.13. The number of amides is 2. The minimum Gasteiger partial charge on any atom is -0.352 e. The topological polar surface area (TPSA) is 84.2 Å². The SMILES string of the molecule is CCCNC(=O)c1cccc(NC(=O)[C@H](N)CCC)c1. The van der Waals surface area contributed by atoms with Gasteiger partial charge >= 0.3 is 0 Å². The van der Waals surface area contributed by atoms with E-state index in [-0.39, 0.29) is 11.8 Å². The van der Waals surface area contributed by atoms with Crippen molar-refractivity contribution in [2.45, 2.75) is 39.2 Å². The molecule has 1 atom stereocenters. The van der Waals surface area contributed by atoms with E-state index >= 15 is 0 Å². The lowest BCUT2D eigenvalue weighted by Gasteiger charge is -2.12. The zero-order valence-electron chi connectivity index (χ0n) is 12.1. The van der Waals surface area contributed by atoms with Gasteiger partial charge in [0.05, 0.1) is 6.04 Å². The third-order valence-electron chi connectivity index (χ3n) is 2.86. The molecule has 0 aromatic heterocycles. The second kappa shape index (κ2) is 8.32. The summed E-state index contributed by atoms with van der Waals surface area (Å²) < 4.78 is 0. The van der Waals surface area contributed by atoms with Crippen LogP contribution >= 0.6 is 0 Å². The highest BCUT2D eigenvalue weighted by molar-refractivity contribution is 5.98. The third kappa shape index (κ3) is 5.01. The zero-order chi connectivity index (χ0) is 15.0. The van der Waals surface area contributed by atoms with Gasteiger partial charge in [0, 0.05) is 17.8 Å². The molecule has 0 spiro atoms. The van der Waals surface area contributed by atoms with Gasteiger partial charge in [-0.25, -0.2) is 0 Å². The molecule has 0 unspecified atom stereocenters. The summed E-state index contributed by atoms with van der Waals surface area (Å²) in [5, 5.41) is 5.53. The molecule has 2 amide bonds. The Labute approximate surface area is 119 Å². The Morgan fingerprint density at radius 2 is 2.00 bits per heavy atom. The lowest BCUT2D eigenvalue weighted by Crippen LogP contribution is -2.35. The molecule has 0 aliphatic heterocycles. The Kier molecular flexibility index (Phi) is 6.73. The van der Waals surface area contributed by atoms with Crippen LogP contribution in [-0.2, 0) is 4.79 Å². The minimum absolute atomic E-state index is 0.138. The summed E-state index contributed by atoms with van der Waals surface area (Å²) in [5.74, 6) is -0.362. The fourth-order valence-electron chi connectivity index (χ4n) is 1.76. The number of nitrogens with two attached hydrogens (primary N) is 1. The number of carbonyl (C=O) groups is 2. The molecule has 5 heteroatoms. The van der Waals surface area contributed by atoms with Crippen molar-refractivity contribution in [3.05, 3.63) is 29.8 Å². The second-order valence-corrected chi connectivity index (χ2v) is 4.72. The maximum absolute atomic E-state index is 11.8. The fourth-order valence-corrected chi connectivity index (χ4v) is 1.76. The van der Waals surface area contributed by atoms with E-state index in [1.807, 2.05) is 13.8 Å². The molecule has 0 radical (unpaired) electrons. The van der Waals surface area contributed by atoms with E-state index in [1.165, 1.54) is 0 Å². The lowest BCUT2D eigenvalue weighted by molar-refractivity contribution is -0.117. The van der Waals surface area contributed by atoms with Crippen LogP contribution < -0.4 is 16.4 Å². The van der Waals surface area contributed by atoms with Crippen LogP contribution in [-0.4, -0.2) is 24.4 Å². The Morgan fingerprint density at radius 3 is 2.65 bits per heavy atom. The van der Waals surface area contributed by atoms with E-state index in [2.05, 4.69) is 10.6 Å². The van der Waals surface area contributed by atoms with Gasteiger partial charge in [0.2, 0.25) is 5.91 Å². The van der Waals surface area contributed by atoms with Gasteiger partial charge in [-0.05, 0) is 31.0 Å². The first kappa shape index (κ1) is 16.2. The smallest absolute Gasteiger partial charge is 0.251 e. The summed E-state index contributed by atoms with van der Waals surface area (Å²) in [6.45, 7) is 4.61. The summed E-state index contributed by atoms with van der Waals surface area (Å²) in [6, 6.07) is 6.33. The number of carbonyl (C=O) groups excluding carboxylic acids is 2. The highest BCUT2D eigenvalue weighted by Crippen LogP contribution is 2.11. The van der Waals surface area contributed by atoms with Crippen LogP contribution in [0.2, 0.25) is 0 Å². The van der Waals surface area contributed by atoms with Crippen molar-refractivity contribution in [3.63, 3.8) is 0 Å². The van der Waals surface area contributed by atoms with Gasteiger partial charge in [-0.2, -0.15) is 0 Å².